The molecule has 0 unspecified atom stereocenters. The lowest BCUT2D eigenvalue weighted by atomic mass is 10.2. The molecule has 2 aromatic heterocycles. The van der Waals surface area contributed by atoms with Crippen molar-refractivity contribution in [3.05, 3.63) is 78.2 Å². The van der Waals surface area contributed by atoms with Crippen LogP contribution in [0.15, 0.2) is 72.1 Å². The summed E-state index contributed by atoms with van der Waals surface area (Å²) < 4.78 is 0. The Labute approximate surface area is 161 Å². The Kier molecular flexibility index (Phi) is 6.17. The van der Waals surface area contributed by atoms with Crippen LogP contribution in [0, 0.1) is 0 Å². The van der Waals surface area contributed by atoms with Gasteiger partial charge in [0.2, 0.25) is 5.91 Å². The van der Waals surface area contributed by atoms with E-state index in [0.717, 1.165) is 5.56 Å². The molecule has 1 aromatic carbocycles. The molecule has 3 rings (SSSR count). The summed E-state index contributed by atoms with van der Waals surface area (Å²) in [5.74, 6) is 0.330. The molecule has 2 heterocycles. The number of aromatic nitrogens is 2. The zero-order valence-electron chi connectivity index (χ0n) is 14.7. The molecule has 6 nitrogen and oxygen atoms in total. The van der Waals surface area contributed by atoms with Gasteiger partial charge in [-0.05, 0) is 54.1 Å². The van der Waals surface area contributed by atoms with Gasteiger partial charge in [0.1, 0.15) is 5.03 Å². The van der Waals surface area contributed by atoms with Gasteiger partial charge in [-0.3, -0.25) is 14.6 Å². The number of nitrogens with one attached hydrogen (secondary N) is 2. The highest BCUT2D eigenvalue weighted by molar-refractivity contribution is 7.98. The van der Waals surface area contributed by atoms with Crippen LogP contribution >= 0.6 is 11.8 Å². The maximum absolute atomic E-state index is 12.7. The van der Waals surface area contributed by atoms with Gasteiger partial charge in [0, 0.05) is 42.6 Å². The van der Waals surface area contributed by atoms with Gasteiger partial charge in [-0.15, -0.1) is 11.8 Å². The van der Waals surface area contributed by atoms with E-state index in [1.165, 1.54) is 18.7 Å². The first-order valence-corrected chi connectivity index (χ1v) is 9.26. The Bertz CT molecular complexity index is 930. The van der Waals surface area contributed by atoms with E-state index in [0.29, 0.717) is 27.7 Å². The molecule has 0 spiro atoms. The third-order valence-electron chi connectivity index (χ3n) is 3.60. The quantitative estimate of drug-likeness (QED) is 0.634. The SMILES string of the molecule is CC(=O)Nc1ccc(NC(=O)c2cccnc2SCc2ccncc2)cc1. The second-order valence-electron chi connectivity index (χ2n) is 5.71. The predicted octanol–water partition coefficient (Wildman–Crippen LogP) is 3.98. The van der Waals surface area contributed by atoms with E-state index in [-0.39, 0.29) is 11.8 Å². The van der Waals surface area contributed by atoms with Crippen molar-refractivity contribution in [2.45, 2.75) is 17.7 Å². The number of hydrogen-bond acceptors (Lipinski definition) is 5. The molecule has 0 fully saturated rings. The van der Waals surface area contributed by atoms with Crippen LogP contribution in [0.2, 0.25) is 0 Å². The number of carbonyl (C=O) groups is 2. The molecule has 0 saturated heterocycles. The molecule has 0 bridgehead atoms. The number of thioether (sulfide) groups is 1. The zero-order valence-corrected chi connectivity index (χ0v) is 15.5. The van der Waals surface area contributed by atoms with Crippen molar-refractivity contribution in [1.29, 1.82) is 0 Å². The first-order valence-electron chi connectivity index (χ1n) is 8.27. The van der Waals surface area contributed by atoms with E-state index in [9.17, 15) is 9.59 Å². The molecule has 0 aliphatic rings. The fraction of sp³-hybridized carbons (Fsp3) is 0.100. The zero-order chi connectivity index (χ0) is 19.1. The summed E-state index contributed by atoms with van der Waals surface area (Å²) in [5.41, 5.74) is 2.95. The topological polar surface area (TPSA) is 84.0 Å². The van der Waals surface area contributed by atoms with E-state index < -0.39 is 0 Å². The average molecular weight is 378 g/mol. The fourth-order valence-electron chi connectivity index (χ4n) is 2.35. The number of benzene rings is 1. The largest absolute Gasteiger partial charge is 0.326 e. The van der Waals surface area contributed by atoms with Gasteiger partial charge in [-0.25, -0.2) is 4.98 Å². The number of carbonyl (C=O) groups excluding carboxylic acids is 2. The molecule has 2 amide bonds. The second kappa shape index (κ2) is 8.95. The number of rotatable bonds is 6. The minimum Gasteiger partial charge on any atom is -0.326 e. The van der Waals surface area contributed by atoms with Crippen LogP contribution in [-0.2, 0) is 10.5 Å². The van der Waals surface area contributed by atoms with Crippen LogP contribution in [0.5, 0.6) is 0 Å². The molecule has 27 heavy (non-hydrogen) atoms. The minimum absolute atomic E-state index is 0.141. The molecule has 2 N–H and O–H groups in total. The summed E-state index contributed by atoms with van der Waals surface area (Å²) in [7, 11) is 0. The van der Waals surface area contributed by atoms with Gasteiger partial charge in [-0.2, -0.15) is 0 Å². The number of anilines is 2. The molecule has 0 atom stereocenters. The maximum atomic E-state index is 12.7. The summed E-state index contributed by atoms with van der Waals surface area (Å²) in [6.45, 7) is 1.45. The van der Waals surface area contributed by atoms with Crippen molar-refractivity contribution < 1.29 is 9.59 Å². The fourth-order valence-corrected chi connectivity index (χ4v) is 3.30. The summed E-state index contributed by atoms with van der Waals surface area (Å²) in [5, 5.41) is 6.22. The van der Waals surface area contributed by atoms with Crippen molar-refractivity contribution in [3.8, 4) is 0 Å². The monoisotopic (exact) mass is 378 g/mol. The summed E-state index contributed by atoms with van der Waals surface area (Å²) >= 11 is 1.50. The highest BCUT2D eigenvalue weighted by Crippen LogP contribution is 2.25. The Morgan fingerprint density at radius 1 is 0.926 bits per heavy atom. The first kappa shape index (κ1) is 18.6. The summed E-state index contributed by atoms with van der Waals surface area (Å²) in [6, 6.07) is 14.3. The smallest absolute Gasteiger partial charge is 0.258 e. The van der Waals surface area contributed by atoms with Gasteiger partial charge in [-0.1, -0.05) is 0 Å². The number of amides is 2. The third-order valence-corrected chi connectivity index (χ3v) is 4.68. The second-order valence-corrected chi connectivity index (χ2v) is 6.68. The molecule has 136 valence electrons. The minimum atomic E-state index is -0.229. The molecule has 0 aliphatic heterocycles. The van der Waals surface area contributed by atoms with Crippen LogP contribution < -0.4 is 10.6 Å². The van der Waals surface area contributed by atoms with Crippen LogP contribution in [0.25, 0.3) is 0 Å². The van der Waals surface area contributed by atoms with Gasteiger partial charge in [0.05, 0.1) is 5.56 Å². The van der Waals surface area contributed by atoms with Gasteiger partial charge >= 0.3 is 0 Å². The first-order chi connectivity index (χ1) is 13.1. The van der Waals surface area contributed by atoms with Crippen LogP contribution in [0.4, 0.5) is 11.4 Å². The summed E-state index contributed by atoms with van der Waals surface area (Å²) in [6.07, 6.45) is 5.16. The summed E-state index contributed by atoms with van der Waals surface area (Å²) in [4.78, 5) is 32.1. The number of hydrogen-bond donors (Lipinski definition) is 2. The predicted molar refractivity (Wildman–Crippen MR) is 107 cm³/mol. The van der Waals surface area contributed by atoms with Crippen LogP contribution in [0.1, 0.15) is 22.8 Å². The number of pyridine rings is 2. The van der Waals surface area contributed by atoms with E-state index >= 15 is 0 Å². The third kappa shape index (κ3) is 5.39. The van der Waals surface area contributed by atoms with Gasteiger partial charge in [0.25, 0.3) is 5.91 Å². The lowest BCUT2D eigenvalue weighted by Gasteiger charge is -2.10. The lowest BCUT2D eigenvalue weighted by molar-refractivity contribution is -0.114. The van der Waals surface area contributed by atoms with Crippen molar-refractivity contribution in [1.82, 2.24) is 9.97 Å². The van der Waals surface area contributed by atoms with E-state index in [1.807, 2.05) is 12.1 Å². The van der Waals surface area contributed by atoms with Gasteiger partial charge in [0.15, 0.2) is 0 Å². The van der Waals surface area contributed by atoms with Crippen LogP contribution in [-0.4, -0.2) is 21.8 Å². The van der Waals surface area contributed by atoms with Crippen molar-refractivity contribution >= 4 is 35.0 Å². The Morgan fingerprint density at radius 3 is 2.26 bits per heavy atom. The maximum Gasteiger partial charge on any atom is 0.258 e. The lowest BCUT2D eigenvalue weighted by Crippen LogP contribution is -2.13. The molecular formula is C20H18N4O2S. The van der Waals surface area contributed by atoms with Crippen molar-refractivity contribution in [2.75, 3.05) is 10.6 Å². The van der Waals surface area contributed by atoms with Crippen LogP contribution in [0.3, 0.4) is 0 Å². The van der Waals surface area contributed by atoms with E-state index in [4.69, 9.17) is 0 Å². The molecule has 7 heteroatoms. The molecule has 0 radical (unpaired) electrons. The standard InChI is InChI=1S/C20H18N4O2S/c1-14(25)23-16-4-6-17(7-5-16)24-19(26)18-3-2-10-22-20(18)27-13-15-8-11-21-12-9-15/h2-12H,13H2,1H3,(H,23,25)(H,24,26). The van der Waals surface area contributed by atoms with E-state index in [1.54, 1.807) is 55.0 Å². The average Bonchev–Trinajstić information content (AvgIpc) is 2.68. The number of nitrogens with zero attached hydrogens (tertiary/aromatic N) is 2. The molecule has 0 aliphatic carbocycles. The van der Waals surface area contributed by atoms with Gasteiger partial charge < -0.3 is 10.6 Å². The Hall–Kier alpha value is -3.19. The highest BCUT2D eigenvalue weighted by atomic mass is 32.2. The van der Waals surface area contributed by atoms with Crippen molar-refractivity contribution in [2.24, 2.45) is 0 Å². The Balaban J connectivity index is 1.68. The van der Waals surface area contributed by atoms with Crippen molar-refractivity contribution in [3.63, 3.8) is 0 Å². The Morgan fingerprint density at radius 2 is 1.59 bits per heavy atom. The normalized spacial score (nSPS) is 10.3. The molecule has 3 aromatic rings. The molecular weight excluding hydrogens is 360 g/mol. The molecule has 0 saturated carbocycles. The van der Waals surface area contributed by atoms with E-state index in [2.05, 4.69) is 20.6 Å². The highest BCUT2D eigenvalue weighted by Gasteiger charge is 2.13.